The summed E-state index contributed by atoms with van der Waals surface area (Å²) in [6.45, 7) is 6.20. The molecule has 0 aliphatic rings. The predicted octanol–water partition coefficient (Wildman–Crippen LogP) is 21.4. The summed E-state index contributed by atoms with van der Waals surface area (Å²) in [5, 5.41) is 0. The third-order valence-electron chi connectivity index (χ3n) is 12.1. The van der Waals surface area contributed by atoms with Crippen LogP contribution in [-0.2, 0) is 28.6 Å². The van der Waals surface area contributed by atoms with E-state index in [1.807, 2.05) is 0 Å². The Balaban J connectivity index is 4.60. The smallest absolute Gasteiger partial charge is 0.306 e. The summed E-state index contributed by atoms with van der Waals surface area (Å²) >= 11 is 0. The number of hydrogen-bond acceptors (Lipinski definition) is 6. The fourth-order valence-corrected chi connectivity index (χ4v) is 7.57. The Morgan fingerprint density at radius 2 is 0.468 bits per heavy atom. The summed E-state index contributed by atoms with van der Waals surface area (Å²) in [5.41, 5.74) is 0. The number of hydrogen-bond donors (Lipinski definition) is 0. The van der Waals surface area contributed by atoms with Crippen LogP contribution in [0.25, 0.3) is 0 Å². The highest BCUT2D eigenvalue weighted by Crippen LogP contribution is 2.12. The van der Waals surface area contributed by atoms with Crippen LogP contribution in [0.4, 0.5) is 0 Å². The third-order valence-corrected chi connectivity index (χ3v) is 12.1. The predicted molar refractivity (Wildman–Crippen MR) is 343 cm³/mol. The Morgan fingerprint density at radius 3 is 0.759 bits per heavy atom. The van der Waals surface area contributed by atoms with E-state index in [-0.39, 0.29) is 44.0 Å². The van der Waals surface area contributed by atoms with Crippen molar-refractivity contribution in [2.75, 3.05) is 13.2 Å². The van der Waals surface area contributed by atoms with Crippen molar-refractivity contribution in [1.29, 1.82) is 0 Å². The number of unbranched alkanes of at least 4 members (excludes halogenated alkanes) is 10. The lowest BCUT2D eigenvalue weighted by molar-refractivity contribution is -0.167. The standard InChI is InChI=1S/C73H110O6/c1-4-7-10-13-16-19-22-25-28-30-32-34-36-38-40-42-45-48-51-54-57-60-63-66-72(75)78-69-70(68-77-71(74)65-62-59-56-53-50-47-44-27-24-21-18-15-12-9-6-3)79-73(76)67-64-61-58-55-52-49-46-43-41-39-37-35-33-31-29-26-23-20-17-14-11-8-5-2/h7-12,16-21,25-29,32-35,38-41,44-46,48-49,54,57,70H,4-6,13-15,22-24,30-31,36-37,42-43,47,50-53,55-56,58-69H2,1-3H3/b10-7-,11-8-,12-9-,19-16-,20-17-,21-18-,28-25-,29-26-,34-32-,35-33-,40-38-,41-39-,44-27-,48-45-,49-46-,57-54-. The van der Waals surface area contributed by atoms with Crippen molar-refractivity contribution in [3.63, 3.8) is 0 Å². The lowest BCUT2D eigenvalue weighted by atomic mass is 10.1. The van der Waals surface area contributed by atoms with Gasteiger partial charge in [-0.05, 0) is 154 Å². The molecule has 0 fully saturated rings. The van der Waals surface area contributed by atoms with E-state index in [9.17, 15) is 14.4 Å². The maximum absolute atomic E-state index is 12.9. The monoisotopic (exact) mass is 1080 g/mol. The minimum Gasteiger partial charge on any atom is -0.462 e. The Kier molecular flexibility index (Phi) is 60.1. The quantitative estimate of drug-likeness (QED) is 0.0261. The molecule has 0 spiro atoms. The molecule has 0 amide bonds. The van der Waals surface area contributed by atoms with Crippen LogP contribution in [0, 0.1) is 0 Å². The topological polar surface area (TPSA) is 78.9 Å². The van der Waals surface area contributed by atoms with Gasteiger partial charge in [-0.1, -0.05) is 247 Å². The van der Waals surface area contributed by atoms with Gasteiger partial charge in [0.05, 0.1) is 0 Å². The number of allylic oxidation sites excluding steroid dienone is 32. The number of ether oxygens (including phenoxy) is 3. The molecule has 6 nitrogen and oxygen atoms in total. The van der Waals surface area contributed by atoms with E-state index >= 15 is 0 Å². The minimum atomic E-state index is -0.837. The van der Waals surface area contributed by atoms with Crippen molar-refractivity contribution < 1.29 is 28.6 Å². The second-order valence-corrected chi connectivity index (χ2v) is 19.5. The van der Waals surface area contributed by atoms with Gasteiger partial charge in [0.15, 0.2) is 6.10 Å². The number of carbonyl (C=O) groups is 3. The normalized spacial score (nSPS) is 13.5. The van der Waals surface area contributed by atoms with Crippen molar-refractivity contribution in [2.24, 2.45) is 0 Å². The number of esters is 3. The molecular formula is C73H110O6. The Bertz CT molecular complexity index is 1920. The van der Waals surface area contributed by atoms with Crippen LogP contribution in [-0.4, -0.2) is 37.2 Å². The first-order chi connectivity index (χ1) is 39.0. The van der Waals surface area contributed by atoms with E-state index in [0.29, 0.717) is 19.3 Å². The maximum Gasteiger partial charge on any atom is 0.306 e. The molecular weight excluding hydrogens is 973 g/mol. The van der Waals surface area contributed by atoms with Crippen LogP contribution in [0.5, 0.6) is 0 Å². The van der Waals surface area contributed by atoms with Gasteiger partial charge in [-0.15, -0.1) is 0 Å². The van der Waals surface area contributed by atoms with E-state index in [1.165, 1.54) is 0 Å². The van der Waals surface area contributed by atoms with Gasteiger partial charge < -0.3 is 14.2 Å². The first-order valence-corrected chi connectivity index (χ1v) is 30.9. The van der Waals surface area contributed by atoms with Crippen molar-refractivity contribution in [1.82, 2.24) is 0 Å². The van der Waals surface area contributed by atoms with Crippen molar-refractivity contribution in [3.05, 3.63) is 194 Å². The van der Waals surface area contributed by atoms with Crippen LogP contribution < -0.4 is 0 Å². The highest BCUT2D eigenvalue weighted by molar-refractivity contribution is 5.71. The second kappa shape index (κ2) is 64.8. The Morgan fingerprint density at radius 1 is 0.253 bits per heavy atom. The molecule has 79 heavy (non-hydrogen) atoms. The molecule has 0 aromatic rings. The molecule has 438 valence electrons. The lowest BCUT2D eigenvalue weighted by Gasteiger charge is -2.18. The Hall–Kier alpha value is -5.75. The summed E-state index contributed by atoms with van der Waals surface area (Å²) in [6.07, 6.45) is 98.6. The number of carbonyl (C=O) groups excluding carboxylic acids is 3. The summed E-state index contributed by atoms with van der Waals surface area (Å²) in [6, 6.07) is 0. The summed E-state index contributed by atoms with van der Waals surface area (Å²) < 4.78 is 16.8. The van der Waals surface area contributed by atoms with Crippen molar-refractivity contribution >= 4 is 17.9 Å². The zero-order chi connectivity index (χ0) is 57.1. The molecule has 1 atom stereocenters. The van der Waals surface area contributed by atoms with Crippen molar-refractivity contribution in [3.8, 4) is 0 Å². The molecule has 0 heterocycles. The van der Waals surface area contributed by atoms with Crippen LogP contribution in [0.1, 0.15) is 226 Å². The molecule has 0 aliphatic heterocycles. The highest BCUT2D eigenvalue weighted by Gasteiger charge is 2.19. The van der Waals surface area contributed by atoms with Crippen LogP contribution >= 0.6 is 0 Å². The highest BCUT2D eigenvalue weighted by atomic mass is 16.6. The van der Waals surface area contributed by atoms with Gasteiger partial charge in [0.1, 0.15) is 13.2 Å². The van der Waals surface area contributed by atoms with E-state index in [1.54, 1.807) is 0 Å². The largest absolute Gasteiger partial charge is 0.462 e. The average molecular weight is 1080 g/mol. The SMILES string of the molecule is CC/C=C\C/C=C\C/C=C\C/C=C\C/C=C\C/C=C\C/C=C\CCCC(=O)OCC(COC(=O)CCCCCCC/C=C\C/C=C\C/C=C\CC)OC(=O)CCCCCC/C=C\C/C=C\C/C=C\C/C=C\C/C=C\C/C=C\CC. The molecule has 0 aliphatic carbocycles. The van der Waals surface area contributed by atoms with E-state index < -0.39 is 6.10 Å². The molecule has 1 unspecified atom stereocenters. The summed E-state index contributed by atoms with van der Waals surface area (Å²) in [5.74, 6) is -1.04. The molecule has 0 N–H and O–H groups in total. The molecule has 0 bridgehead atoms. The van der Waals surface area contributed by atoms with E-state index in [2.05, 4.69) is 215 Å². The van der Waals surface area contributed by atoms with Crippen LogP contribution in [0.2, 0.25) is 0 Å². The van der Waals surface area contributed by atoms with Gasteiger partial charge in [-0.3, -0.25) is 14.4 Å². The third kappa shape index (κ3) is 63.0. The van der Waals surface area contributed by atoms with Crippen molar-refractivity contribution in [2.45, 2.75) is 232 Å². The summed E-state index contributed by atoms with van der Waals surface area (Å²) in [7, 11) is 0. The fourth-order valence-electron chi connectivity index (χ4n) is 7.57. The van der Waals surface area contributed by atoms with Gasteiger partial charge >= 0.3 is 17.9 Å². The molecule has 0 rings (SSSR count). The molecule has 0 saturated carbocycles. The second-order valence-electron chi connectivity index (χ2n) is 19.5. The molecule has 0 radical (unpaired) electrons. The minimum absolute atomic E-state index is 0.127. The molecule has 0 aromatic carbocycles. The zero-order valence-corrected chi connectivity index (χ0v) is 50.0. The Labute approximate surface area is 484 Å². The van der Waals surface area contributed by atoms with Gasteiger partial charge in [0.25, 0.3) is 0 Å². The maximum atomic E-state index is 12.9. The van der Waals surface area contributed by atoms with Gasteiger partial charge in [-0.2, -0.15) is 0 Å². The lowest BCUT2D eigenvalue weighted by Crippen LogP contribution is -2.30. The van der Waals surface area contributed by atoms with E-state index in [4.69, 9.17) is 14.2 Å². The fraction of sp³-hybridized carbons (Fsp3) is 0.521. The van der Waals surface area contributed by atoms with Crippen LogP contribution in [0.15, 0.2) is 194 Å². The molecule has 6 heteroatoms. The average Bonchev–Trinajstić information content (AvgIpc) is 3.45. The van der Waals surface area contributed by atoms with E-state index in [0.717, 1.165) is 173 Å². The molecule has 0 saturated heterocycles. The first-order valence-electron chi connectivity index (χ1n) is 30.9. The van der Waals surface area contributed by atoms with Gasteiger partial charge in [0, 0.05) is 19.3 Å². The first kappa shape index (κ1) is 73.2. The molecule has 0 aromatic heterocycles. The zero-order valence-electron chi connectivity index (χ0n) is 50.0. The summed E-state index contributed by atoms with van der Waals surface area (Å²) in [4.78, 5) is 38.3. The van der Waals surface area contributed by atoms with Gasteiger partial charge in [0.2, 0.25) is 0 Å². The number of rotatable bonds is 53. The van der Waals surface area contributed by atoms with Gasteiger partial charge in [-0.25, -0.2) is 0 Å². The van der Waals surface area contributed by atoms with Crippen LogP contribution in [0.3, 0.4) is 0 Å².